The minimum absolute atomic E-state index is 0. The van der Waals surface area contributed by atoms with Crippen LogP contribution in [0.3, 0.4) is 0 Å². The molecule has 0 unspecified atom stereocenters. The van der Waals surface area contributed by atoms with Crippen LogP contribution in [0, 0.1) is 13.8 Å². The summed E-state index contributed by atoms with van der Waals surface area (Å²) in [5, 5.41) is 0.664. The maximum atomic E-state index is 13.5. The van der Waals surface area contributed by atoms with E-state index in [1.165, 1.54) is 23.5 Å². The number of hydrogen-bond donors (Lipinski definition) is 0. The van der Waals surface area contributed by atoms with Crippen molar-refractivity contribution in [2.45, 2.75) is 32.6 Å². The van der Waals surface area contributed by atoms with Gasteiger partial charge in [-0.15, -0.1) is 12.4 Å². The SMILES string of the molecule is CCN(CC)CCN(C(=O)c1ccc(S(C)(=O)=O)cc1)c1nc2c(C)ccc(C)c2s1.Cl. The van der Waals surface area contributed by atoms with Crippen molar-refractivity contribution in [2.24, 2.45) is 0 Å². The van der Waals surface area contributed by atoms with Crippen molar-refractivity contribution in [3.63, 3.8) is 0 Å². The van der Waals surface area contributed by atoms with Crippen LogP contribution in [0.25, 0.3) is 10.2 Å². The maximum absolute atomic E-state index is 13.5. The third kappa shape index (κ3) is 5.67. The van der Waals surface area contributed by atoms with Crippen LogP contribution in [0.15, 0.2) is 41.3 Å². The number of amides is 1. The van der Waals surface area contributed by atoms with Crippen molar-refractivity contribution < 1.29 is 13.2 Å². The van der Waals surface area contributed by atoms with Crippen molar-refractivity contribution in [1.82, 2.24) is 9.88 Å². The van der Waals surface area contributed by atoms with Gasteiger partial charge in [-0.25, -0.2) is 13.4 Å². The summed E-state index contributed by atoms with van der Waals surface area (Å²) in [6.45, 7) is 11.3. The third-order valence-electron chi connectivity index (χ3n) is 5.47. The monoisotopic (exact) mass is 495 g/mol. The largest absolute Gasteiger partial charge is 0.302 e. The van der Waals surface area contributed by atoms with E-state index >= 15 is 0 Å². The van der Waals surface area contributed by atoms with Crippen LogP contribution in [-0.2, 0) is 9.84 Å². The van der Waals surface area contributed by atoms with E-state index in [4.69, 9.17) is 4.98 Å². The number of fused-ring (bicyclic) bond motifs is 1. The Bertz CT molecular complexity index is 1150. The molecule has 0 saturated heterocycles. The Balaban J connectivity index is 0.00000363. The molecule has 3 aromatic rings. The van der Waals surface area contributed by atoms with Crippen molar-refractivity contribution in [3.8, 4) is 0 Å². The van der Waals surface area contributed by atoms with Gasteiger partial charge in [0.15, 0.2) is 15.0 Å². The van der Waals surface area contributed by atoms with Crippen molar-refractivity contribution in [1.29, 1.82) is 0 Å². The number of nitrogens with zero attached hydrogens (tertiary/aromatic N) is 3. The standard InChI is InChI=1S/C23H29N3O3S2.ClH/c1-6-25(7-2)14-15-26(22(27)18-10-12-19(13-11-18)31(5,28)29)23-24-20-16(3)8-9-17(4)21(20)30-23;/h8-13H,6-7,14-15H2,1-5H3;1H. The molecule has 32 heavy (non-hydrogen) atoms. The second-order valence-corrected chi connectivity index (χ2v) is 10.6. The second kappa shape index (κ2) is 10.7. The van der Waals surface area contributed by atoms with Crippen LogP contribution in [0.2, 0.25) is 0 Å². The summed E-state index contributed by atoms with van der Waals surface area (Å²) in [4.78, 5) is 22.5. The van der Waals surface area contributed by atoms with Gasteiger partial charge in [0, 0.05) is 24.9 Å². The average molecular weight is 496 g/mol. The normalized spacial score (nSPS) is 11.6. The number of sulfone groups is 1. The van der Waals surface area contributed by atoms with Gasteiger partial charge >= 0.3 is 0 Å². The zero-order valence-electron chi connectivity index (χ0n) is 19.1. The molecule has 9 heteroatoms. The first kappa shape index (κ1) is 26.3. The number of aryl methyl sites for hydroxylation is 2. The molecule has 0 radical (unpaired) electrons. The fourth-order valence-corrected chi connectivity index (χ4v) is 5.20. The van der Waals surface area contributed by atoms with Gasteiger partial charge in [0.05, 0.1) is 15.1 Å². The number of halogens is 1. The van der Waals surface area contributed by atoms with E-state index in [2.05, 4.69) is 31.7 Å². The van der Waals surface area contributed by atoms with Gasteiger partial charge in [0.25, 0.3) is 5.91 Å². The average Bonchev–Trinajstić information content (AvgIpc) is 3.19. The predicted molar refractivity (Wildman–Crippen MR) is 135 cm³/mol. The number of rotatable bonds is 8. The lowest BCUT2D eigenvalue weighted by Gasteiger charge is -2.24. The van der Waals surface area contributed by atoms with E-state index in [9.17, 15) is 13.2 Å². The van der Waals surface area contributed by atoms with Crippen molar-refractivity contribution in [3.05, 3.63) is 53.1 Å². The van der Waals surface area contributed by atoms with Crippen LogP contribution < -0.4 is 4.90 Å². The van der Waals surface area contributed by atoms with E-state index in [0.29, 0.717) is 17.2 Å². The Labute approximate surface area is 200 Å². The van der Waals surface area contributed by atoms with Crippen LogP contribution in [-0.4, -0.2) is 56.6 Å². The fraction of sp³-hybridized carbons (Fsp3) is 0.391. The summed E-state index contributed by atoms with van der Waals surface area (Å²) in [7, 11) is -3.31. The lowest BCUT2D eigenvalue weighted by atomic mass is 10.1. The Morgan fingerprint density at radius 2 is 1.56 bits per heavy atom. The molecule has 0 fully saturated rings. The second-order valence-electron chi connectivity index (χ2n) is 7.65. The minimum Gasteiger partial charge on any atom is -0.302 e. The smallest absolute Gasteiger partial charge is 0.260 e. The van der Waals surface area contributed by atoms with Crippen LogP contribution in [0.1, 0.15) is 35.3 Å². The highest BCUT2D eigenvalue weighted by molar-refractivity contribution is 7.90. The van der Waals surface area contributed by atoms with Crippen molar-refractivity contribution >= 4 is 54.8 Å². The topological polar surface area (TPSA) is 70.6 Å². The first-order valence-corrected chi connectivity index (χ1v) is 13.1. The van der Waals surface area contributed by atoms with E-state index in [0.717, 1.165) is 47.2 Å². The number of benzene rings is 2. The summed E-state index contributed by atoms with van der Waals surface area (Å²) >= 11 is 1.52. The van der Waals surface area contributed by atoms with Crippen molar-refractivity contribution in [2.75, 3.05) is 37.3 Å². The maximum Gasteiger partial charge on any atom is 0.260 e. The van der Waals surface area contributed by atoms with E-state index < -0.39 is 9.84 Å². The van der Waals surface area contributed by atoms with Gasteiger partial charge < -0.3 is 4.90 Å². The highest BCUT2D eigenvalue weighted by atomic mass is 35.5. The van der Waals surface area contributed by atoms with E-state index in [-0.39, 0.29) is 23.2 Å². The number of carbonyl (C=O) groups excluding carboxylic acids is 1. The molecule has 1 heterocycles. The number of carbonyl (C=O) groups is 1. The molecule has 0 bridgehead atoms. The quantitative estimate of drug-likeness (QED) is 0.452. The predicted octanol–water partition coefficient (Wildman–Crippen LogP) is 4.73. The number of thiazole rings is 1. The number of likely N-dealkylation sites (N-methyl/N-ethyl adjacent to an activating group) is 1. The molecule has 0 aliphatic heterocycles. The molecule has 0 spiro atoms. The molecular weight excluding hydrogens is 466 g/mol. The molecule has 1 aromatic heterocycles. The van der Waals surface area contributed by atoms with E-state index in [1.807, 2.05) is 13.0 Å². The Hall–Kier alpha value is -2.00. The first-order valence-electron chi connectivity index (χ1n) is 10.4. The molecule has 0 aliphatic rings. The Morgan fingerprint density at radius 3 is 2.09 bits per heavy atom. The first-order chi connectivity index (χ1) is 14.7. The lowest BCUT2D eigenvalue weighted by Crippen LogP contribution is -2.38. The Morgan fingerprint density at radius 1 is 0.969 bits per heavy atom. The Kier molecular flexibility index (Phi) is 8.82. The summed E-state index contributed by atoms with van der Waals surface area (Å²) in [5.74, 6) is -0.179. The van der Waals surface area contributed by atoms with Crippen LogP contribution in [0.4, 0.5) is 5.13 Å². The number of hydrogen-bond acceptors (Lipinski definition) is 6. The molecule has 174 valence electrons. The highest BCUT2D eigenvalue weighted by Gasteiger charge is 2.23. The van der Waals surface area contributed by atoms with Gasteiger partial charge in [0.1, 0.15) is 0 Å². The molecule has 0 atom stereocenters. The van der Waals surface area contributed by atoms with Gasteiger partial charge in [-0.2, -0.15) is 0 Å². The molecular formula is C23H30ClN3O3S2. The van der Waals surface area contributed by atoms with Gasteiger partial charge in [0.2, 0.25) is 0 Å². The zero-order valence-corrected chi connectivity index (χ0v) is 21.5. The van der Waals surface area contributed by atoms with Crippen LogP contribution >= 0.6 is 23.7 Å². The number of aromatic nitrogens is 1. The third-order valence-corrected chi connectivity index (χ3v) is 7.81. The lowest BCUT2D eigenvalue weighted by molar-refractivity contribution is 0.0983. The number of anilines is 1. The summed E-state index contributed by atoms with van der Waals surface area (Å²) in [6.07, 6.45) is 1.16. The summed E-state index contributed by atoms with van der Waals surface area (Å²) in [6, 6.07) is 10.2. The van der Waals surface area contributed by atoms with Gasteiger partial charge in [-0.05, 0) is 62.3 Å². The molecule has 0 aliphatic carbocycles. The highest BCUT2D eigenvalue weighted by Crippen LogP contribution is 2.33. The van der Waals surface area contributed by atoms with Gasteiger partial charge in [-0.1, -0.05) is 37.3 Å². The summed E-state index contributed by atoms with van der Waals surface area (Å²) < 4.78 is 24.6. The molecule has 6 nitrogen and oxygen atoms in total. The molecule has 2 aromatic carbocycles. The zero-order chi connectivity index (χ0) is 22.8. The van der Waals surface area contributed by atoms with Gasteiger partial charge in [-0.3, -0.25) is 9.69 Å². The van der Waals surface area contributed by atoms with E-state index in [1.54, 1.807) is 17.0 Å². The molecule has 0 N–H and O–H groups in total. The molecule has 1 amide bonds. The summed E-state index contributed by atoms with van der Waals surface area (Å²) in [5.41, 5.74) is 3.59. The minimum atomic E-state index is -3.31. The molecule has 0 saturated carbocycles. The van der Waals surface area contributed by atoms with Crippen LogP contribution in [0.5, 0.6) is 0 Å². The molecule has 3 rings (SSSR count). The fourth-order valence-electron chi connectivity index (χ4n) is 3.43.